The van der Waals surface area contributed by atoms with Crippen LogP contribution in [0.5, 0.6) is 0 Å². The molecular formula is C13H21NO3. The molecule has 17 heavy (non-hydrogen) atoms. The van der Waals surface area contributed by atoms with Gasteiger partial charge in [0.25, 0.3) is 0 Å². The number of likely N-dealkylation sites (tertiary alicyclic amines) is 1. The van der Waals surface area contributed by atoms with E-state index in [-0.39, 0.29) is 12.0 Å². The van der Waals surface area contributed by atoms with Crippen molar-refractivity contribution in [3.05, 3.63) is 0 Å². The predicted octanol–water partition coefficient (Wildman–Crippen LogP) is 2.08. The van der Waals surface area contributed by atoms with Crippen molar-refractivity contribution in [1.29, 1.82) is 0 Å². The highest BCUT2D eigenvalue weighted by Gasteiger charge is 2.46. The topological polar surface area (TPSA) is 46.6 Å². The molecule has 0 radical (unpaired) electrons. The number of carbonyl (C=O) groups excluding carboxylic acids is 2. The lowest BCUT2D eigenvalue weighted by Gasteiger charge is -2.24. The molecule has 0 aromatic rings. The fraction of sp³-hybridized carbons (Fsp3) is 0.846. The van der Waals surface area contributed by atoms with Crippen LogP contribution in [0.25, 0.3) is 0 Å². The van der Waals surface area contributed by atoms with Crippen LogP contribution in [0.1, 0.15) is 33.6 Å². The zero-order valence-corrected chi connectivity index (χ0v) is 10.8. The average molecular weight is 239 g/mol. The lowest BCUT2D eigenvalue weighted by atomic mass is 10.0. The van der Waals surface area contributed by atoms with E-state index in [9.17, 15) is 9.59 Å². The van der Waals surface area contributed by atoms with Crippen LogP contribution in [0.2, 0.25) is 0 Å². The SMILES string of the molecule is CC(C)(C)OC(=O)N1CC[C@H]([C@@H]2C[C@@H]2C=O)C1. The van der Waals surface area contributed by atoms with E-state index in [2.05, 4.69) is 0 Å². The molecule has 0 N–H and O–H groups in total. The molecule has 0 spiro atoms. The molecule has 96 valence electrons. The van der Waals surface area contributed by atoms with Gasteiger partial charge in [-0.25, -0.2) is 4.79 Å². The number of hydrogen-bond acceptors (Lipinski definition) is 3. The number of nitrogens with zero attached hydrogens (tertiary/aromatic N) is 1. The Morgan fingerprint density at radius 3 is 2.65 bits per heavy atom. The van der Waals surface area contributed by atoms with Gasteiger partial charge >= 0.3 is 6.09 Å². The number of rotatable bonds is 2. The maximum atomic E-state index is 11.8. The molecule has 2 fully saturated rings. The number of hydrogen-bond donors (Lipinski definition) is 0. The van der Waals surface area contributed by atoms with Crippen molar-refractivity contribution in [3.63, 3.8) is 0 Å². The van der Waals surface area contributed by atoms with Crippen LogP contribution in [0, 0.1) is 17.8 Å². The lowest BCUT2D eigenvalue weighted by molar-refractivity contribution is -0.109. The van der Waals surface area contributed by atoms with E-state index in [1.807, 2.05) is 20.8 Å². The predicted molar refractivity (Wildman–Crippen MR) is 63.6 cm³/mol. The fourth-order valence-corrected chi connectivity index (χ4v) is 2.56. The summed E-state index contributed by atoms with van der Waals surface area (Å²) in [5.41, 5.74) is -0.430. The van der Waals surface area contributed by atoms with Crippen molar-refractivity contribution in [1.82, 2.24) is 4.90 Å². The van der Waals surface area contributed by atoms with E-state index in [1.54, 1.807) is 4.90 Å². The monoisotopic (exact) mass is 239 g/mol. The Hall–Kier alpha value is -1.06. The Bertz CT molecular complexity index is 321. The van der Waals surface area contributed by atoms with Gasteiger partial charge in [-0.05, 0) is 45.4 Å². The standard InChI is InChI=1S/C13H21NO3/c1-13(2,3)17-12(16)14-5-4-9(7-14)11-6-10(11)8-15/h8-11H,4-7H2,1-3H3/t9-,10+,11-/m0/s1. The summed E-state index contributed by atoms with van der Waals surface area (Å²) in [7, 11) is 0. The molecule has 0 bridgehead atoms. The van der Waals surface area contributed by atoms with Gasteiger partial charge in [0.15, 0.2) is 0 Å². The summed E-state index contributed by atoms with van der Waals surface area (Å²) in [5.74, 6) is 1.26. The van der Waals surface area contributed by atoms with Gasteiger partial charge in [-0.15, -0.1) is 0 Å². The fourth-order valence-electron chi connectivity index (χ4n) is 2.56. The van der Waals surface area contributed by atoms with E-state index in [1.165, 1.54) is 0 Å². The first-order chi connectivity index (χ1) is 7.90. The molecule has 4 nitrogen and oxygen atoms in total. The first-order valence-corrected chi connectivity index (χ1v) is 6.34. The second-order valence-corrected chi connectivity index (χ2v) is 6.17. The van der Waals surface area contributed by atoms with E-state index < -0.39 is 5.60 Å². The zero-order chi connectivity index (χ0) is 12.6. The van der Waals surface area contributed by atoms with Crippen LogP contribution >= 0.6 is 0 Å². The van der Waals surface area contributed by atoms with Gasteiger partial charge in [0.1, 0.15) is 11.9 Å². The highest BCUT2D eigenvalue weighted by molar-refractivity contribution is 5.68. The van der Waals surface area contributed by atoms with Gasteiger partial charge < -0.3 is 14.4 Å². The summed E-state index contributed by atoms with van der Waals surface area (Å²) < 4.78 is 5.34. The molecule has 1 saturated carbocycles. The molecule has 0 aromatic carbocycles. The largest absolute Gasteiger partial charge is 0.444 e. The van der Waals surface area contributed by atoms with Crippen LogP contribution in [0.15, 0.2) is 0 Å². The van der Waals surface area contributed by atoms with Crippen molar-refractivity contribution in [2.45, 2.75) is 39.2 Å². The molecule has 0 unspecified atom stereocenters. The third-order valence-electron chi connectivity index (χ3n) is 3.55. The van der Waals surface area contributed by atoms with Gasteiger partial charge in [-0.1, -0.05) is 0 Å². The lowest BCUT2D eigenvalue weighted by Crippen LogP contribution is -2.35. The van der Waals surface area contributed by atoms with Crippen LogP contribution in [-0.2, 0) is 9.53 Å². The number of aldehydes is 1. The van der Waals surface area contributed by atoms with Crippen molar-refractivity contribution >= 4 is 12.4 Å². The van der Waals surface area contributed by atoms with Crippen LogP contribution in [0.3, 0.4) is 0 Å². The first-order valence-electron chi connectivity index (χ1n) is 6.34. The summed E-state index contributed by atoms with van der Waals surface area (Å²) in [6.07, 6.45) is 2.86. The molecule has 1 heterocycles. The molecule has 2 rings (SSSR count). The van der Waals surface area contributed by atoms with Crippen molar-refractivity contribution in [2.75, 3.05) is 13.1 Å². The Morgan fingerprint density at radius 1 is 1.41 bits per heavy atom. The molecule has 4 heteroatoms. The molecule has 1 aliphatic heterocycles. The minimum atomic E-state index is -0.430. The van der Waals surface area contributed by atoms with Crippen molar-refractivity contribution < 1.29 is 14.3 Å². The average Bonchev–Trinajstić information content (AvgIpc) is 2.83. The minimum absolute atomic E-state index is 0.219. The van der Waals surface area contributed by atoms with Crippen LogP contribution in [-0.4, -0.2) is 36.0 Å². The number of carbonyl (C=O) groups is 2. The molecule has 1 saturated heterocycles. The second-order valence-electron chi connectivity index (χ2n) is 6.17. The summed E-state index contributed by atoms with van der Waals surface area (Å²) in [4.78, 5) is 24.2. The van der Waals surface area contributed by atoms with Gasteiger partial charge in [0, 0.05) is 19.0 Å². The number of amides is 1. The smallest absolute Gasteiger partial charge is 0.410 e. The Balaban J connectivity index is 1.82. The van der Waals surface area contributed by atoms with Gasteiger partial charge in [0.2, 0.25) is 0 Å². The quantitative estimate of drug-likeness (QED) is 0.693. The highest BCUT2D eigenvalue weighted by atomic mass is 16.6. The highest BCUT2D eigenvalue weighted by Crippen LogP contribution is 2.46. The van der Waals surface area contributed by atoms with E-state index in [4.69, 9.17) is 4.74 Å². The second kappa shape index (κ2) is 4.31. The van der Waals surface area contributed by atoms with Gasteiger partial charge in [-0.2, -0.15) is 0 Å². The van der Waals surface area contributed by atoms with Gasteiger partial charge in [0.05, 0.1) is 0 Å². The molecule has 3 atom stereocenters. The Labute approximate surface area is 102 Å². The Morgan fingerprint density at radius 2 is 2.12 bits per heavy atom. The molecule has 2 aliphatic rings. The minimum Gasteiger partial charge on any atom is -0.444 e. The molecular weight excluding hydrogens is 218 g/mol. The molecule has 1 amide bonds. The maximum absolute atomic E-state index is 11.8. The molecule has 1 aliphatic carbocycles. The summed E-state index contributed by atoms with van der Waals surface area (Å²) in [6.45, 7) is 7.15. The van der Waals surface area contributed by atoms with E-state index in [0.717, 1.165) is 32.2 Å². The van der Waals surface area contributed by atoms with E-state index >= 15 is 0 Å². The number of ether oxygens (including phenoxy) is 1. The third-order valence-corrected chi connectivity index (χ3v) is 3.55. The van der Waals surface area contributed by atoms with Crippen molar-refractivity contribution in [3.8, 4) is 0 Å². The van der Waals surface area contributed by atoms with Crippen LogP contribution in [0.4, 0.5) is 4.79 Å². The zero-order valence-electron chi connectivity index (χ0n) is 10.8. The van der Waals surface area contributed by atoms with Gasteiger partial charge in [-0.3, -0.25) is 0 Å². The summed E-state index contributed by atoms with van der Waals surface area (Å²) in [5, 5.41) is 0. The first kappa shape index (κ1) is 12.4. The Kier molecular flexibility index (Phi) is 3.15. The summed E-state index contributed by atoms with van der Waals surface area (Å²) in [6, 6.07) is 0. The molecule has 0 aromatic heterocycles. The maximum Gasteiger partial charge on any atom is 0.410 e. The van der Waals surface area contributed by atoms with E-state index in [0.29, 0.717) is 11.8 Å². The third kappa shape index (κ3) is 2.99. The normalized spacial score (nSPS) is 32.4. The van der Waals surface area contributed by atoms with Crippen LogP contribution < -0.4 is 0 Å². The van der Waals surface area contributed by atoms with Crippen molar-refractivity contribution in [2.24, 2.45) is 17.8 Å². The summed E-state index contributed by atoms with van der Waals surface area (Å²) >= 11 is 0.